The topological polar surface area (TPSA) is 40.5 Å². The van der Waals surface area contributed by atoms with E-state index in [1.54, 1.807) is 18.7 Å². The maximum atomic E-state index is 11.9. The Morgan fingerprint density at radius 1 is 1.41 bits per heavy atom. The summed E-state index contributed by atoms with van der Waals surface area (Å²) in [6.07, 6.45) is 1.08. The average molecular weight is 233 g/mol. The monoisotopic (exact) mass is 233 g/mol. The van der Waals surface area contributed by atoms with E-state index in [0.29, 0.717) is 19.4 Å². The molecule has 0 aromatic heterocycles. The first kappa shape index (κ1) is 12.1. The van der Waals surface area contributed by atoms with Crippen molar-refractivity contribution in [2.24, 2.45) is 0 Å². The van der Waals surface area contributed by atoms with Gasteiger partial charge >= 0.3 is 0 Å². The van der Waals surface area contributed by atoms with Crippen molar-refractivity contribution in [2.45, 2.75) is 39.2 Å². The first-order valence-electron chi connectivity index (χ1n) is 5.99. The first-order valence-corrected chi connectivity index (χ1v) is 5.99. The van der Waals surface area contributed by atoms with Crippen LogP contribution in [0.3, 0.4) is 0 Å². The van der Waals surface area contributed by atoms with E-state index in [1.165, 1.54) is 0 Å². The molecule has 0 radical (unpaired) electrons. The lowest BCUT2D eigenvalue weighted by molar-refractivity contribution is -0.117. The highest BCUT2D eigenvalue weighted by Crippen LogP contribution is 2.30. The third-order valence-corrected chi connectivity index (χ3v) is 3.12. The molecule has 0 saturated carbocycles. The molecule has 1 heterocycles. The van der Waals surface area contributed by atoms with Crippen molar-refractivity contribution in [1.82, 2.24) is 0 Å². The Morgan fingerprint density at radius 3 is 2.76 bits per heavy atom. The minimum Gasteiger partial charge on any atom is -0.390 e. The zero-order chi connectivity index (χ0) is 12.6. The number of hydrogen-bond donors (Lipinski definition) is 1. The van der Waals surface area contributed by atoms with Gasteiger partial charge in [0.05, 0.1) is 12.0 Å². The van der Waals surface area contributed by atoms with Gasteiger partial charge in [-0.1, -0.05) is 12.1 Å². The summed E-state index contributed by atoms with van der Waals surface area (Å²) in [5, 5.41) is 9.73. The Morgan fingerprint density at radius 2 is 2.12 bits per heavy atom. The summed E-state index contributed by atoms with van der Waals surface area (Å²) >= 11 is 0. The van der Waals surface area contributed by atoms with Crippen molar-refractivity contribution in [3.63, 3.8) is 0 Å². The summed E-state index contributed by atoms with van der Waals surface area (Å²) in [6.45, 7) is 6.14. The lowest BCUT2D eigenvalue weighted by Crippen LogP contribution is -2.33. The molecule has 2 rings (SSSR count). The van der Waals surface area contributed by atoms with E-state index in [-0.39, 0.29) is 5.91 Å². The van der Waals surface area contributed by atoms with Gasteiger partial charge in [0.25, 0.3) is 0 Å². The normalized spacial score (nSPS) is 15.3. The summed E-state index contributed by atoms with van der Waals surface area (Å²) in [7, 11) is 0. The van der Waals surface area contributed by atoms with Gasteiger partial charge in [-0.25, -0.2) is 0 Å². The van der Waals surface area contributed by atoms with E-state index >= 15 is 0 Å². The van der Waals surface area contributed by atoms with Crippen LogP contribution in [0.1, 0.15) is 31.4 Å². The zero-order valence-corrected chi connectivity index (χ0v) is 10.7. The van der Waals surface area contributed by atoms with Gasteiger partial charge in [0, 0.05) is 12.2 Å². The van der Waals surface area contributed by atoms with Crippen molar-refractivity contribution in [3.8, 4) is 0 Å². The highest BCUT2D eigenvalue weighted by Gasteiger charge is 2.28. The lowest BCUT2D eigenvalue weighted by Gasteiger charge is -2.23. The molecular formula is C14H19NO2. The molecule has 0 aliphatic carbocycles. The van der Waals surface area contributed by atoms with Crippen molar-refractivity contribution < 1.29 is 9.90 Å². The van der Waals surface area contributed by atoms with Gasteiger partial charge in [0.1, 0.15) is 0 Å². The SMILES string of the molecule is Cc1ccc2c(c1)N(CCC(C)(C)O)C(=O)C2. The molecule has 1 aromatic rings. The molecule has 1 aromatic carbocycles. The predicted octanol–water partition coefficient (Wildman–Crippen LogP) is 2.05. The fraction of sp³-hybridized carbons (Fsp3) is 0.500. The maximum Gasteiger partial charge on any atom is 0.231 e. The summed E-state index contributed by atoms with van der Waals surface area (Å²) in [4.78, 5) is 13.7. The molecule has 0 atom stereocenters. The van der Waals surface area contributed by atoms with Crippen LogP contribution in [0.25, 0.3) is 0 Å². The van der Waals surface area contributed by atoms with Crippen LogP contribution in [0.15, 0.2) is 18.2 Å². The van der Waals surface area contributed by atoms with Crippen LogP contribution in [0, 0.1) is 6.92 Å². The quantitative estimate of drug-likeness (QED) is 0.868. The maximum absolute atomic E-state index is 11.9. The molecular weight excluding hydrogens is 214 g/mol. The number of nitrogens with zero attached hydrogens (tertiary/aromatic N) is 1. The van der Waals surface area contributed by atoms with E-state index in [2.05, 4.69) is 0 Å². The molecule has 17 heavy (non-hydrogen) atoms. The van der Waals surface area contributed by atoms with Crippen LogP contribution in [0.2, 0.25) is 0 Å². The minimum absolute atomic E-state index is 0.134. The molecule has 0 saturated heterocycles. The fourth-order valence-corrected chi connectivity index (χ4v) is 2.10. The molecule has 0 bridgehead atoms. The van der Waals surface area contributed by atoms with Gasteiger partial charge in [-0.3, -0.25) is 4.79 Å². The molecule has 0 unspecified atom stereocenters. The molecule has 3 nitrogen and oxygen atoms in total. The highest BCUT2D eigenvalue weighted by molar-refractivity contribution is 6.01. The van der Waals surface area contributed by atoms with E-state index in [1.807, 2.05) is 25.1 Å². The fourth-order valence-electron chi connectivity index (χ4n) is 2.10. The minimum atomic E-state index is -0.729. The second-order valence-electron chi connectivity index (χ2n) is 5.42. The number of hydrogen-bond acceptors (Lipinski definition) is 2. The number of carbonyl (C=O) groups is 1. The number of fused-ring (bicyclic) bond motifs is 1. The third-order valence-electron chi connectivity index (χ3n) is 3.12. The van der Waals surface area contributed by atoms with Gasteiger partial charge in [-0.05, 0) is 44.4 Å². The average Bonchev–Trinajstić information content (AvgIpc) is 2.49. The van der Waals surface area contributed by atoms with Crippen LogP contribution in [0.5, 0.6) is 0 Å². The zero-order valence-electron chi connectivity index (χ0n) is 10.7. The molecule has 1 amide bonds. The number of benzene rings is 1. The molecule has 1 aliphatic heterocycles. The third kappa shape index (κ3) is 2.67. The number of anilines is 1. The second kappa shape index (κ2) is 4.15. The number of aliphatic hydroxyl groups is 1. The summed E-state index contributed by atoms with van der Waals surface area (Å²) in [6, 6.07) is 6.10. The number of carbonyl (C=O) groups excluding carboxylic acids is 1. The smallest absolute Gasteiger partial charge is 0.231 e. The van der Waals surface area contributed by atoms with Crippen molar-refractivity contribution in [3.05, 3.63) is 29.3 Å². The van der Waals surface area contributed by atoms with Gasteiger partial charge in [0.15, 0.2) is 0 Å². The molecule has 3 heteroatoms. The Balaban J connectivity index is 2.19. The van der Waals surface area contributed by atoms with Gasteiger partial charge < -0.3 is 10.0 Å². The predicted molar refractivity (Wildman–Crippen MR) is 68.2 cm³/mol. The molecule has 1 N–H and O–H groups in total. The Kier molecular flexibility index (Phi) is 2.96. The molecule has 0 spiro atoms. The van der Waals surface area contributed by atoms with Gasteiger partial charge in [-0.15, -0.1) is 0 Å². The van der Waals surface area contributed by atoms with Gasteiger partial charge in [0.2, 0.25) is 5.91 Å². The van der Waals surface area contributed by atoms with Crippen molar-refractivity contribution in [2.75, 3.05) is 11.4 Å². The first-order chi connectivity index (χ1) is 7.87. The number of amides is 1. The van der Waals surface area contributed by atoms with Gasteiger partial charge in [-0.2, -0.15) is 0 Å². The van der Waals surface area contributed by atoms with Crippen molar-refractivity contribution in [1.29, 1.82) is 0 Å². The summed E-state index contributed by atoms with van der Waals surface area (Å²) in [5.74, 6) is 0.134. The van der Waals surface area contributed by atoms with E-state index < -0.39 is 5.60 Å². The van der Waals surface area contributed by atoms with Crippen LogP contribution in [-0.4, -0.2) is 23.2 Å². The second-order valence-corrected chi connectivity index (χ2v) is 5.42. The number of rotatable bonds is 3. The van der Waals surface area contributed by atoms with Crippen LogP contribution >= 0.6 is 0 Å². The highest BCUT2D eigenvalue weighted by atomic mass is 16.3. The molecule has 0 fully saturated rings. The lowest BCUT2D eigenvalue weighted by atomic mass is 10.1. The van der Waals surface area contributed by atoms with Crippen LogP contribution in [0.4, 0.5) is 5.69 Å². The largest absolute Gasteiger partial charge is 0.390 e. The van der Waals surface area contributed by atoms with E-state index in [4.69, 9.17) is 0 Å². The number of aryl methyl sites for hydroxylation is 1. The molecule has 92 valence electrons. The van der Waals surface area contributed by atoms with E-state index in [0.717, 1.165) is 16.8 Å². The summed E-state index contributed by atoms with van der Waals surface area (Å²) in [5.41, 5.74) is 2.54. The Hall–Kier alpha value is -1.35. The van der Waals surface area contributed by atoms with Crippen LogP contribution < -0.4 is 4.90 Å². The standard InChI is InChI=1S/C14H19NO2/c1-10-4-5-11-9-13(16)15(12(11)8-10)7-6-14(2,3)17/h4-5,8,17H,6-7,9H2,1-3H3. The Bertz CT molecular complexity index is 446. The van der Waals surface area contributed by atoms with Crippen molar-refractivity contribution >= 4 is 11.6 Å². The summed E-state index contributed by atoms with van der Waals surface area (Å²) < 4.78 is 0. The molecule has 1 aliphatic rings. The van der Waals surface area contributed by atoms with E-state index in [9.17, 15) is 9.90 Å². The Labute approximate surface area is 102 Å². The van der Waals surface area contributed by atoms with Crippen LogP contribution in [-0.2, 0) is 11.2 Å².